The predicted molar refractivity (Wildman–Crippen MR) is 67.0 cm³/mol. The second kappa shape index (κ2) is 4.24. The molecule has 0 fully saturated rings. The number of hydrogen-bond acceptors (Lipinski definition) is 4. The number of para-hydroxylation sites is 1. The lowest BCUT2D eigenvalue weighted by molar-refractivity contribution is 0.0699. The molecule has 0 amide bonds. The maximum absolute atomic E-state index is 11.2. The summed E-state index contributed by atoms with van der Waals surface area (Å²) in [5, 5.41) is 13.0. The first-order valence-electron chi connectivity index (χ1n) is 5.75. The molecular formula is C13H11N3O3. The molecule has 1 N–H and O–H groups in total. The number of fused-ring (bicyclic) bond motifs is 1. The number of imidazole rings is 1. The van der Waals surface area contributed by atoms with E-state index in [1.54, 1.807) is 18.2 Å². The summed E-state index contributed by atoms with van der Waals surface area (Å²) in [4.78, 5) is 15.5. The van der Waals surface area contributed by atoms with E-state index in [9.17, 15) is 4.79 Å². The Morgan fingerprint density at radius 1 is 1.42 bits per heavy atom. The third kappa shape index (κ3) is 1.87. The standard InChI is InChI=1S/C13H11N3O3/c1-8-14-12-10(13(17)18)3-2-4-11(12)16(8)7-9-5-6-19-15-9/h2-6H,7H2,1H3,(H,17,18). The first-order valence-corrected chi connectivity index (χ1v) is 5.75. The normalized spacial score (nSPS) is 11.0. The zero-order valence-electron chi connectivity index (χ0n) is 10.2. The number of carboxylic acid groups (broad SMARTS) is 1. The van der Waals surface area contributed by atoms with Gasteiger partial charge in [0, 0.05) is 6.07 Å². The van der Waals surface area contributed by atoms with Gasteiger partial charge in [-0.05, 0) is 19.1 Å². The van der Waals surface area contributed by atoms with Gasteiger partial charge in [-0.2, -0.15) is 0 Å². The molecule has 19 heavy (non-hydrogen) atoms. The third-order valence-corrected chi connectivity index (χ3v) is 3.01. The molecule has 0 aliphatic heterocycles. The lowest BCUT2D eigenvalue weighted by Gasteiger charge is -2.03. The summed E-state index contributed by atoms with van der Waals surface area (Å²) < 4.78 is 6.72. The van der Waals surface area contributed by atoms with Crippen LogP contribution in [0.25, 0.3) is 11.0 Å². The molecule has 3 rings (SSSR count). The molecule has 2 heterocycles. The number of carboxylic acids is 1. The van der Waals surface area contributed by atoms with Gasteiger partial charge in [-0.15, -0.1) is 0 Å². The number of rotatable bonds is 3. The van der Waals surface area contributed by atoms with E-state index in [0.717, 1.165) is 17.0 Å². The van der Waals surface area contributed by atoms with Crippen molar-refractivity contribution in [1.29, 1.82) is 0 Å². The fraction of sp³-hybridized carbons (Fsp3) is 0.154. The second-order valence-corrected chi connectivity index (χ2v) is 4.21. The summed E-state index contributed by atoms with van der Waals surface area (Å²) in [5.41, 5.74) is 2.25. The van der Waals surface area contributed by atoms with Crippen LogP contribution in [0.2, 0.25) is 0 Å². The van der Waals surface area contributed by atoms with Gasteiger partial charge >= 0.3 is 5.97 Å². The van der Waals surface area contributed by atoms with E-state index in [1.807, 2.05) is 17.6 Å². The smallest absolute Gasteiger partial charge is 0.337 e. The molecule has 0 bridgehead atoms. The summed E-state index contributed by atoms with van der Waals surface area (Å²) >= 11 is 0. The highest BCUT2D eigenvalue weighted by Gasteiger charge is 2.15. The van der Waals surface area contributed by atoms with Crippen molar-refractivity contribution in [2.75, 3.05) is 0 Å². The molecule has 0 unspecified atom stereocenters. The van der Waals surface area contributed by atoms with Gasteiger partial charge in [0.1, 0.15) is 23.3 Å². The van der Waals surface area contributed by atoms with E-state index in [0.29, 0.717) is 12.1 Å². The lowest BCUT2D eigenvalue weighted by Crippen LogP contribution is -2.02. The van der Waals surface area contributed by atoms with E-state index < -0.39 is 5.97 Å². The van der Waals surface area contributed by atoms with E-state index in [2.05, 4.69) is 10.1 Å². The van der Waals surface area contributed by atoms with Crippen molar-refractivity contribution in [3.05, 3.63) is 47.6 Å². The highest BCUT2D eigenvalue weighted by Crippen LogP contribution is 2.21. The molecule has 96 valence electrons. The van der Waals surface area contributed by atoms with Crippen molar-refractivity contribution in [2.45, 2.75) is 13.5 Å². The molecule has 0 aliphatic rings. The SMILES string of the molecule is Cc1nc2c(C(=O)O)cccc2n1Cc1ccon1. The highest BCUT2D eigenvalue weighted by molar-refractivity contribution is 6.01. The molecule has 2 aromatic heterocycles. The zero-order chi connectivity index (χ0) is 13.4. The molecule has 0 aliphatic carbocycles. The van der Waals surface area contributed by atoms with Crippen molar-refractivity contribution >= 4 is 17.0 Å². The summed E-state index contributed by atoms with van der Waals surface area (Å²) in [6.45, 7) is 2.34. The Bertz CT molecular complexity index is 744. The summed E-state index contributed by atoms with van der Waals surface area (Å²) in [5.74, 6) is -0.233. The summed E-state index contributed by atoms with van der Waals surface area (Å²) in [7, 11) is 0. The van der Waals surface area contributed by atoms with E-state index in [-0.39, 0.29) is 5.56 Å². The van der Waals surface area contributed by atoms with Crippen molar-refractivity contribution in [2.24, 2.45) is 0 Å². The van der Waals surface area contributed by atoms with Crippen LogP contribution in [0.4, 0.5) is 0 Å². The largest absolute Gasteiger partial charge is 0.478 e. The fourth-order valence-electron chi connectivity index (χ4n) is 2.12. The summed E-state index contributed by atoms with van der Waals surface area (Å²) in [6, 6.07) is 6.89. The van der Waals surface area contributed by atoms with Crippen LogP contribution in [0.15, 0.2) is 35.1 Å². The van der Waals surface area contributed by atoms with Crippen LogP contribution in [0, 0.1) is 6.92 Å². The number of carbonyl (C=O) groups is 1. The van der Waals surface area contributed by atoms with E-state index >= 15 is 0 Å². The van der Waals surface area contributed by atoms with Gasteiger partial charge in [0.2, 0.25) is 0 Å². The number of nitrogens with zero attached hydrogens (tertiary/aromatic N) is 3. The number of benzene rings is 1. The third-order valence-electron chi connectivity index (χ3n) is 3.01. The molecular weight excluding hydrogens is 246 g/mol. The van der Waals surface area contributed by atoms with Crippen LogP contribution in [-0.2, 0) is 6.54 Å². The Kier molecular flexibility index (Phi) is 2.56. The molecule has 0 spiro atoms. The van der Waals surface area contributed by atoms with Gasteiger partial charge in [0.05, 0.1) is 17.6 Å². The van der Waals surface area contributed by atoms with Crippen molar-refractivity contribution in [3.63, 3.8) is 0 Å². The van der Waals surface area contributed by atoms with Gasteiger partial charge in [0.25, 0.3) is 0 Å². The summed E-state index contributed by atoms with van der Waals surface area (Å²) in [6.07, 6.45) is 1.51. The second-order valence-electron chi connectivity index (χ2n) is 4.21. The maximum Gasteiger partial charge on any atom is 0.337 e. The van der Waals surface area contributed by atoms with Crippen molar-refractivity contribution < 1.29 is 14.4 Å². The topological polar surface area (TPSA) is 81.1 Å². The Labute approximate surface area is 108 Å². The minimum atomic E-state index is -0.975. The van der Waals surface area contributed by atoms with Gasteiger partial charge in [-0.25, -0.2) is 9.78 Å². The van der Waals surface area contributed by atoms with Crippen LogP contribution in [0.3, 0.4) is 0 Å². The predicted octanol–water partition coefficient (Wildman–Crippen LogP) is 2.08. The minimum absolute atomic E-state index is 0.208. The van der Waals surface area contributed by atoms with Crippen LogP contribution in [-0.4, -0.2) is 25.8 Å². The van der Waals surface area contributed by atoms with Crippen LogP contribution in [0.1, 0.15) is 21.9 Å². The Morgan fingerprint density at radius 2 is 2.26 bits per heavy atom. The molecule has 0 radical (unpaired) electrons. The van der Waals surface area contributed by atoms with E-state index in [4.69, 9.17) is 9.63 Å². The Balaban J connectivity index is 2.17. The molecule has 0 atom stereocenters. The molecule has 6 heteroatoms. The quantitative estimate of drug-likeness (QED) is 0.776. The number of hydrogen-bond donors (Lipinski definition) is 1. The molecule has 0 saturated heterocycles. The van der Waals surface area contributed by atoms with Gasteiger partial charge in [-0.1, -0.05) is 11.2 Å². The average molecular weight is 257 g/mol. The number of aromatic carboxylic acids is 1. The number of aromatic nitrogens is 3. The van der Waals surface area contributed by atoms with Crippen molar-refractivity contribution in [1.82, 2.24) is 14.7 Å². The fourth-order valence-corrected chi connectivity index (χ4v) is 2.12. The number of aryl methyl sites for hydroxylation is 1. The maximum atomic E-state index is 11.2. The first-order chi connectivity index (χ1) is 9.16. The Morgan fingerprint density at radius 3 is 2.95 bits per heavy atom. The van der Waals surface area contributed by atoms with E-state index in [1.165, 1.54) is 6.26 Å². The van der Waals surface area contributed by atoms with Crippen LogP contribution in [0.5, 0.6) is 0 Å². The van der Waals surface area contributed by atoms with Crippen molar-refractivity contribution in [3.8, 4) is 0 Å². The van der Waals surface area contributed by atoms with Gasteiger partial charge in [0.15, 0.2) is 0 Å². The van der Waals surface area contributed by atoms with Crippen LogP contribution < -0.4 is 0 Å². The zero-order valence-corrected chi connectivity index (χ0v) is 10.2. The van der Waals surface area contributed by atoms with Gasteiger partial charge < -0.3 is 14.2 Å². The first kappa shape index (κ1) is 11.5. The lowest BCUT2D eigenvalue weighted by atomic mass is 10.2. The average Bonchev–Trinajstić information content (AvgIpc) is 2.98. The minimum Gasteiger partial charge on any atom is -0.478 e. The molecule has 1 aromatic carbocycles. The molecule has 0 saturated carbocycles. The van der Waals surface area contributed by atoms with Crippen LogP contribution >= 0.6 is 0 Å². The highest BCUT2D eigenvalue weighted by atomic mass is 16.5. The monoisotopic (exact) mass is 257 g/mol. The van der Waals surface area contributed by atoms with Gasteiger partial charge in [-0.3, -0.25) is 0 Å². The Hall–Kier alpha value is -2.63. The molecule has 3 aromatic rings. The molecule has 6 nitrogen and oxygen atoms in total.